The van der Waals surface area contributed by atoms with Crippen LogP contribution in [-0.4, -0.2) is 26.2 Å². The minimum atomic E-state index is -0.342. The van der Waals surface area contributed by atoms with Crippen molar-refractivity contribution in [1.82, 2.24) is 0 Å². The van der Waals surface area contributed by atoms with Gasteiger partial charge in [-0.25, -0.2) is 9.18 Å². The number of nitrogens with zero attached hydrogens (tertiary/aromatic N) is 1. The number of hydrogen-bond acceptors (Lipinski definition) is 3. The van der Waals surface area contributed by atoms with Crippen molar-refractivity contribution in [1.29, 1.82) is 0 Å². The molecule has 4 heteroatoms. The highest BCUT2D eigenvalue weighted by Crippen LogP contribution is 2.15. The highest BCUT2D eigenvalue weighted by atomic mass is 19.1. The molecule has 0 aliphatic rings. The van der Waals surface area contributed by atoms with Gasteiger partial charge >= 0.3 is 5.97 Å². The summed E-state index contributed by atoms with van der Waals surface area (Å²) in [5.74, 6) is -0.607. The summed E-state index contributed by atoms with van der Waals surface area (Å²) in [6, 6.07) is 6.40. The molecule has 0 heterocycles. The predicted molar refractivity (Wildman–Crippen MR) is 70.1 cm³/mol. The van der Waals surface area contributed by atoms with E-state index in [1.165, 1.54) is 19.2 Å². The zero-order chi connectivity index (χ0) is 13.5. The van der Waals surface area contributed by atoms with Gasteiger partial charge in [0, 0.05) is 24.4 Å². The van der Waals surface area contributed by atoms with E-state index < -0.39 is 0 Å². The molecule has 0 saturated heterocycles. The Kier molecular flexibility index (Phi) is 5.36. The van der Waals surface area contributed by atoms with E-state index in [1.807, 2.05) is 17.9 Å². The van der Waals surface area contributed by atoms with Crippen LogP contribution in [0.4, 0.5) is 10.1 Å². The van der Waals surface area contributed by atoms with Crippen molar-refractivity contribution in [3.8, 4) is 0 Å². The molecule has 1 aromatic carbocycles. The van der Waals surface area contributed by atoms with Gasteiger partial charge in [-0.3, -0.25) is 0 Å². The number of methoxy groups -OCH3 is 1. The molecule has 18 heavy (non-hydrogen) atoms. The SMILES string of the molecule is CCN(CC=C(C)C(=O)OC)c1cccc(F)c1. The molecule has 1 rings (SSSR count). The van der Waals surface area contributed by atoms with Crippen LogP contribution in [0.1, 0.15) is 13.8 Å². The van der Waals surface area contributed by atoms with Gasteiger partial charge in [0.15, 0.2) is 0 Å². The number of hydrogen-bond donors (Lipinski definition) is 0. The second-order valence-corrected chi connectivity index (χ2v) is 3.90. The second kappa shape index (κ2) is 6.79. The summed E-state index contributed by atoms with van der Waals surface area (Å²) < 4.78 is 17.7. The van der Waals surface area contributed by atoms with Gasteiger partial charge in [0.1, 0.15) is 5.82 Å². The lowest BCUT2D eigenvalue weighted by atomic mass is 10.2. The third kappa shape index (κ3) is 3.87. The Morgan fingerprint density at radius 3 is 2.78 bits per heavy atom. The van der Waals surface area contributed by atoms with Crippen LogP contribution in [0.2, 0.25) is 0 Å². The van der Waals surface area contributed by atoms with Crippen molar-refractivity contribution in [3.05, 3.63) is 41.7 Å². The number of benzene rings is 1. The van der Waals surface area contributed by atoms with E-state index >= 15 is 0 Å². The Hall–Kier alpha value is -1.84. The molecule has 0 fully saturated rings. The quantitative estimate of drug-likeness (QED) is 0.595. The zero-order valence-corrected chi connectivity index (χ0v) is 10.9. The first-order chi connectivity index (χ1) is 8.58. The monoisotopic (exact) mass is 251 g/mol. The van der Waals surface area contributed by atoms with E-state index in [2.05, 4.69) is 4.74 Å². The van der Waals surface area contributed by atoms with Crippen LogP contribution in [0, 0.1) is 5.82 Å². The fraction of sp³-hybridized carbons (Fsp3) is 0.357. The van der Waals surface area contributed by atoms with Gasteiger partial charge in [-0.15, -0.1) is 0 Å². The molecule has 0 radical (unpaired) electrons. The Balaban J connectivity index is 2.77. The van der Waals surface area contributed by atoms with Crippen LogP contribution in [0.15, 0.2) is 35.9 Å². The van der Waals surface area contributed by atoms with E-state index in [0.29, 0.717) is 12.1 Å². The highest BCUT2D eigenvalue weighted by molar-refractivity contribution is 5.87. The van der Waals surface area contributed by atoms with Crippen LogP contribution in [-0.2, 0) is 9.53 Å². The molecule has 1 aromatic rings. The molecule has 0 atom stereocenters. The summed E-state index contributed by atoms with van der Waals surface area (Å²) >= 11 is 0. The molecule has 0 bridgehead atoms. The largest absolute Gasteiger partial charge is 0.466 e. The molecule has 0 spiro atoms. The topological polar surface area (TPSA) is 29.5 Å². The van der Waals surface area contributed by atoms with Crippen molar-refractivity contribution in [3.63, 3.8) is 0 Å². The molecule has 0 aromatic heterocycles. The van der Waals surface area contributed by atoms with E-state index in [9.17, 15) is 9.18 Å². The number of ether oxygens (including phenoxy) is 1. The predicted octanol–water partition coefficient (Wildman–Crippen LogP) is 2.77. The first-order valence-electron chi connectivity index (χ1n) is 5.84. The lowest BCUT2D eigenvalue weighted by molar-refractivity contribution is -0.136. The zero-order valence-electron chi connectivity index (χ0n) is 10.9. The standard InChI is InChI=1S/C14H18FNO2/c1-4-16(9-8-11(2)14(17)18-3)13-7-5-6-12(15)10-13/h5-8,10H,4,9H2,1-3H3. The molecule has 0 aliphatic heterocycles. The van der Waals surface area contributed by atoms with Crippen molar-refractivity contribution in [2.45, 2.75) is 13.8 Å². The third-order valence-corrected chi connectivity index (χ3v) is 2.68. The maximum Gasteiger partial charge on any atom is 0.333 e. The molecule has 0 unspecified atom stereocenters. The van der Waals surface area contributed by atoms with Gasteiger partial charge in [-0.2, -0.15) is 0 Å². The fourth-order valence-corrected chi connectivity index (χ4v) is 1.58. The van der Waals surface area contributed by atoms with E-state index in [1.54, 1.807) is 19.1 Å². The van der Waals surface area contributed by atoms with Crippen LogP contribution in [0.3, 0.4) is 0 Å². The smallest absolute Gasteiger partial charge is 0.333 e. The van der Waals surface area contributed by atoms with Gasteiger partial charge in [0.25, 0.3) is 0 Å². The number of likely N-dealkylation sites (N-methyl/N-ethyl adjacent to an activating group) is 1. The number of carbonyl (C=O) groups excluding carboxylic acids is 1. The fourth-order valence-electron chi connectivity index (χ4n) is 1.58. The number of carbonyl (C=O) groups is 1. The lowest BCUT2D eigenvalue weighted by Crippen LogP contribution is -2.23. The van der Waals surface area contributed by atoms with Crippen LogP contribution >= 0.6 is 0 Å². The summed E-state index contributed by atoms with van der Waals surface area (Å²) in [5, 5.41) is 0. The highest BCUT2D eigenvalue weighted by Gasteiger charge is 2.06. The molecule has 0 saturated carbocycles. The van der Waals surface area contributed by atoms with Gasteiger partial charge in [0.05, 0.1) is 7.11 Å². The van der Waals surface area contributed by atoms with Crippen LogP contribution in [0.25, 0.3) is 0 Å². The van der Waals surface area contributed by atoms with Crippen molar-refractivity contribution in [2.24, 2.45) is 0 Å². The van der Waals surface area contributed by atoms with Crippen molar-refractivity contribution >= 4 is 11.7 Å². The minimum absolute atomic E-state index is 0.264. The Labute approximate surface area is 107 Å². The molecule has 0 aliphatic carbocycles. The van der Waals surface area contributed by atoms with Gasteiger partial charge in [-0.05, 0) is 32.0 Å². The molecule has 3 nitrogen and oxygen atoms in total. The lowest BCUT2D eigenvalue weighted by Gasteiger charge is -2.21. The van der Waals surface area contributed by atoms with Crippen molar-refractivity contribution in [2.75, 3.05) is 25.1 Å². The minimum Gasteiger partial charge on any atom is -0.466 e. The van der Waals surface area contributed by atoms with E-state index in [-0.39, 0.29) is 11.8 Å². The molecule has 98 valence electrons. The third-order valence-electron chi connectivity index (χ3n) is 2.68. The average molecular weight is 251 g/mol. The summed E-state index contributed by atoms with van der Waals surface area (Å²) in [6.45, 7) is 4.95. The average Bonchev–Trinajstić information content (AvgIpc) is 2.38. The molecule has 0 N–H and O–H groups in total. The summed E-state index contributed by atoms with van der Waals surface area (Å²) in [7, 11) is 1.35. The number of anilines is 1. The Morgan fingerprint density at radius 2 is 2.22 bits per heavy atom. The first kappa shape index (κ1) is 14.2. The van der Waals surface area contributed by atoms with Gasteiger partial charge in [-0.1, -0.05) is 12.1 Å². The summed E-state index contributed by atoms with van der Waals surface area (Å²) in [4.78, 5) is 13.2. The normalized spacial score (nSPS) is 11.2. The summed E-state index contributed by atoms with van der Waals surface area (Å²) in [5.41, 5.74) is 1.35. The van der Waals surface area contributed by atoms with Crippen molar-refractivity contribution < 1.29 is 13.9 Å². The summed E-state index contributed by atoms with van der Waals surface area (Å²) in [6.07, 6.45) is 1.78. The Bertz CT molecular complexity index is 443. The molecular formula is C14H18FNO2. The first-order valence-corrected chi connectivity index (χ1v) is 5.84. The molecular weight excluding hydrogens is 233 g/mol. The second-order valence-electron chi connectivity index (χ2n) is 3.90. The Morgan fingerprint density at radius 1 is 1.50 bits per heavy atom. The van der Waals surface area contributed by atoms with Gasteiger partial charge in [0.2, 0.25) is 0 Å². The maximum absolute atomic E-state index is 13.1. The molecule has 0 amide bonds. The number of halogens is 1. The van der Waals surface area contributed by atoms with E-state index in [0.717, 1.165) is 12.2 Å². The van der Waals surface area contributed by atoms with Crippen LogP contribution < -0.4 is 4.90 Å². The van der Waals surface area contributed by atoms with E-state index in [4.69, 9.17) is 0 Å². The maximum atomic E-state index is 13.1. The number of rotatable bonds is 5. The number of esters is 1. The van der Waals surface area contributed by atoms with Gasteiger partial charge < -0.3 is 9.64 Å². The van der Waals surface area contributed by atoms with Crippen LogP contribution in [0.5, 0.6) is 0 Å².